The SMILES string of the molecule is CNC(CCN)CCCC(C)C. The molecule has 0 aromatic rings. The molecule has 0 rings (SSSR count). The molecule has 12 heavy (non-hydrogen) atoms. The maximum absolute atomic E-state index is 5.50. The molecule has 0 aliphatic heterocycles. The van der Waals surface area contributed by atoms with Crippen LogP contribution in [0.4, 0.5) is 0 Å². The topological polar surface area (TPSA) is 38.0 Å². The summed E-state index contributed by atoms with van der Waals surface area (Å²) in [5.74, 6) is 0.834. The van der Waals surface area contributed by atoms with Gasteiger partial charge in [0.2, 0.25) is 0 Å². The number of rotatable bonds is 7. The average Bonchev–Trinajstić information content (AvgIpc) is 2.02. The van der Waals surface area contributed by atoms with Crippen molar-refractivity contribution in [1.82, 2.24) is 5.32 Å². The monoisotopic (exact) mass is 172 g/mol. The van der Waals surface area contributed by atoms with Crippen molar-refractivity contribution in [3.8, 4) is 0 Å². The van der Waals surface area contributed by atoms with Gasteiger partial charge in [-0.05, 0) is 32.4 Å². The van der Waals surface area contributed by atoms with Gasteiger partial charge >= 0.3 is 0 Å². The number of nitrogens with one attached hydrogen (secondary N) is 1. The van der Waals surface area contributed by atoms with E-state index in [-0.39, 0.29) is 0 Å². The standard InChI is InChI=1S/C10H24N2/c1-9(2)5-4-6-10(12-3)7-8-11/h9-10,12H,4-8,11H2,1-3H3. The molecule has 0 saturated carbocycles. The van der Waals surface area contributed by atoms with Gasteiger partial charge in [0, 0.05) is 6.04 Å². The first-order valence-corrected chi connectivity index (χ1v) is 5.08. The Labute approximate surface area is 76.9 Å². The molecule has 0 aromatic heterocycles. The quantitative estimate of drug-likeness (QED) is 0.614. The Kier molecular flexibility index (Phi) is 7.51. The van der Waals surface area contributed by atoms with Gasteiger partial charge in [-0.25, -0.2) is 0 Å². The van der Waals surface area contributed by atoms with Crippen LogP contribution in [0.5, 0.6) is 0 Å². The van der Waals surface area contributed by atoms with Gasteiger partial charge in [-0.15, -0.1) is 0 Å². The molecule has 74 valence electrons. The van der Waals surface area contributed by atoms with Crippen molar-refractivity contribution in [3.05, 3.63) is 0 Å². The Hall–Kier alpha value is -0.0800. The third-order valence-corrected chi connectivity index (χ3v) is 2.26. The Morgan fingerprint density at radius 1 is 1.17 bits per heavy atom. The van der Waals surface area contributed by atoms with Crippen LogP contribution in [-0.4, -0.2) is 19.6 Å². The van der Waals surface area contributed by atoms with Crippen molar-refractivity contribution in [2.75, 3.05) is 13.6 Å². The third kappa shape index (κ3) is 6.62. The third-order valence-electron chi connectivity index (χ3n) is 2.26. The van der Waals surface area contributed by atoms with E-state index in [1.807, 2.05) is 7.05 Å². The molecule has 0 heterocycles. The van der Waals surface area contributed by atoms with Crippen LogP contribution in [0, 0.1) is 5.92 Å². The highest BCUT2D eigenvalue weighted by molar-refractivity contribution is 4.65. The van der Waals surface area contributed by atoms with Crippen LogP contribution in [0.25, 0.3) is 0 Å². The lowest BCUT2D eigenvalue weighted by atomic mass is 10.0. The number of nitrogens with two attached hydrogens (primary N) is 1. The minimum Gasteiger partial charge on any atom is -0.330 e. The molecule has 0 fully saturated rings. The number of hydrogen-bond donors (Lipinski definition) is 2. The predicted molar refractivity (Wildman–Crippen MR) is 55.2 cm³/mol. The zero-order valence-electron chi connectivity index (χ0n) is 8.77. The van der Waals surface area contributed by atoms with E-state index in [2.05, 4.69) is 19.2 Å². The van der Waals surface area contributed by atoms with Crippen LogP contribution in [0.2, 0.25) is 0 Å². The molecule has 0 saturated heterocycles. The maximum Gasteiger partial charge on any atom is 0.00760 e. The number of hydrogen-bond acceptors (Lipinski definition) is 2. The largest absolute Gasteiger partial charge is 0.330 e. The van der Waals surface area contributed by atoms with Gasteiger partial charge in [0.1, 0.15) is 0 Å². The van der Waals surface area contributed by atoms with Crippen LogP contribution < -0.4 is 11.1 Å². The molecule has 0 amide bonds. The Balaban J connectivity index is 3.31. The second-order valence-corrected chi connectivity index (χ2v) is 3.89. The van der Waals surface area contributed by atoms with Gasteiger partial charge in [-0.2, -0.15) is 0 Å². The van der Waals surface area contributed by atoms with Gasteiger partial charge < -0.3 is 11.1 Å². The Morgan fingerprint density at radius 2 is 1.83 bits per heavy atom. The lowest BCUT2D eigenvalue weighted by Gasteiger charge is -2.15. The minimum absolute atomic E-state index is 0.633. The van der Waals surface area contributed by atoms with Gasteiger partial charge in [-0.1, -0.05) is 26.7 Å². The van der Waals surface area contributed by atoms with E-state index in [0.29, 0.717) is 6.04 Å². The van der Waals surface area contributed by atoms with Crippen molar-refractivity contribution < 1.29 is 0 Å². The van der Waals surface area contributed by atoms with Crippen molar-refractivity contribution in [1.29, 1.82) is 0 Å². The zero-order chi connectivity index (χ0) is 9.40. The molecule has 0 aromatic carbocycles. The minimum atomic E-state index is 0.633. The molecule has 2 heteroatoms. The fourth-order valence-electron chi connectivity index (χ4n) is 1.41. The first-order chi connectivity index (χ1) is 5.70. The summed E-state index contributed by atoms with van der Waals surface area (Å²) < 4.78 is 0. The second-order valence-electron chi connectivity index (χ2n) is 3.89. The first kappa shape index (κ1) is 11.9. The molecule has 1 unspecified atom stereocenters. The molecule has 0 bridgehead atoms. The van der Waals surface area contributed by atoms with Crippen molar-refractivity contribution >= 4 is 0 Å². The van der Waals surface area contributed by atoms with E-state index in [0.717, 1.165) is 18.9 Å². The molecule has 0 radical (unpaired) electrons. The van der Waals surface area contributed by atoms with E-state index >= 15 is 0 Å². The lowest BCUT2D eigenvalue weighted by molar-refractivity contribution is 0.444. The molecule has 0 aliphatic carbocycles. The summed E-state index contributed by atoms with van der Waals surface area (Å²) in [5, 5.41) is 3.30. The molecule has 1 atom stereocenters. The molecular weight excluding hydrogens is 148 g/mol. The smallest absolute Gasteiger partial charge is 0.00760 e. The van der Waals surface area contributed by atoms with Crippen LogP contribution in [0.3, 0.4) is 0 Å². The van der Waals surface area contributed by atoms with Crippen LogP contribution >= 0.6 is 0 Å². The lowest BCUT2D eigenvalue weighted by Crippen LogP contribution is -2.27. The average molecular weight is 172 g/mol. The van der Waals surface area contributed by atoms with Gasteiger partial charge in [0.05, 0.1) is 0 Å². The Morgan fingerprint density at radius 3 is 2.25 bits per heavy atom. The highest BCUT2D eigenvalue weighted by atomic mass is 14.9. The van der Waals surface area contributed by atoms with Crippen LogP contribution in [0.15, 0.2) is 0 Å². The summed E-state index contributed by atoms with van der Waals surface area (Å²) >= 11 is 0. The van der Waals surface area contributed by atoms with Gasteiger partial charge in [0.25, 0.3) is 0 Å². The molecule has 0 spiro atoms. The molecule has 2 nitrogen and oxygen atoms in total. The molecule has 3 N–H and O–H groups in total. The van der Waals surface area contributed by atoms with E-state index < -0.39 is 0 Å². The van der Waals surface area contributed by atoms with E-state index in [9.17, 15) is 0 Å². The summed E-state index contributed by atoms with van der Waals surface area (Å²) in [7, 11) is 2.02. The maximum atomic E-state index is 5.50. The first-order valence-electron chi connectivity index (χ1n) is 5.08. The normalized spacial score (nSPS) is 13.8. The molecule has 0 aliphatic rings. The molecular formula is C10H24N2. The fourth-order valence-corrected chi connectivity index (χ4v) is 1.41. The van der Waals surface area contributed by atoms with Crippen molar-refractivity contribution in [3.63, 3.8) is 0 Å². The summed E-state index contributed by atoms with van der Waals surface area (Å²) in [6.45, 7) is 5.35. The predicted octanol–water partition coefficient (Wildman–Crippen LogP) is 1.75. The van der Waals surface area contributed by atoms with E-state index in [1.165, 1.54) is 19.3 Å². The van der Waals surface area contributed by atoms with Gasteiger partial charge in [0.15, 0.2) is 0 Å². The van der Waals surface area contributed by atoms with Crippen molar-refractivity contribution in [2.24, 2.45) is 11.7 Å². The van der Waals surface area contributed by atoms with Gasteiger partial charge in [-0.3, -0.25) is 0 Å². The van der Waals surface area contributed by atoms with E-state index in [4.69, 9.17) is 5.73 Å². The fraction of sp³-hybridized carbons (Fsp3) is 1.00. The Bertz CT molecular complexity index is 91.8. The highest BCUT2D eigenvalue weighted by Crippen LogP contribution is 2.09. The summed E-state index contributed by atoms with van der Waals surface area (Å²) in [5.41, 5.74) is 5.50. The summed E-state index contributed by atoms with van der Waals surface area (Å²) in [4.78, 5) is 0. The summed E-state index contributed by atoms with van der Waals surface area (Å²) in [6.07, 6.45) is 5.03. The van der Waals surface area contributed by atoms with Crippen molar-refractivity contribution in [2.45, 2.75) is 45.6 Å². The van der Waals surface area contributed by atoms with Crippen LogP contribution in [-0.2, 0) is 0 Å². The second kappa shape index (κ2) is 7.56. The highest BCUT2D eigenvalue weighted by Gasteiger charge is 2.04. The van der Waals surface area contributed by atoms with E-state index in [1.54, 1.807) is 0 Å². The zero-order valence-corrected chi connectivity index (χ0v) is 8.77. The van der Waals surface area contributed by atoms with Crippen LogP contribution in [0.1, 0.15) is 39.5 Å². The summed E-state index contributed by atoms with van der Waals surface area (Å²) in [6, 6.07) is 0.633.